The monoisotopic (exact) mass is 323 g/mol. The first kappa shape index (κ1) is 17.3. The van der Waals surface area contributed by atoms with E-state index in [0.717, 1.165) is 17.7 Å². The minimum absolute atomic E-state index is 0.326. The summed E-state index contributed by atoms with van der Waals surface area (Å²) in [6.45, 7) is 3.78. The summed E-state index contributed by atoms with van der Waals surface area (Å²) in [5.41, 5.74) is 5.86. The second-order valence-corrected chi connectivity index (χ2v) is 6.23. The summed E-state index contributed by atoms with van der Waals surface area (Å²) in [7, 11) is 0. The first-order valence-corrected chi connectivity index (χ1v) is 7.33. The van der Waals surface area contributed by atoms with Crippen LogP contribution >= 0.6 is 0 Å². The lowest BCUT2D eigenvalue weighted by Gasteiger charge is -2.27. The molecule has 0 saturated carbocycles. The van der Waals surface area contributed by atoms with Gasteiger partial charge in [-0.15, -0.1) is 0 Å². The van der Waals surface area contributed by atoms with Gasteiger partial charge in [-0.3, -0.25) is 0 Å². The average Bonchev–Trinajstić information content (AvgIpc) is 2.46. The molecule has 0 spiro atoms. The molecule has 2 nitrogen and oxygen atoms in total. The van der Waals surface area contributed by atoms with E-state index in [-0.39, 0.29) is 6.10 Å². The first-order chi connectivity index (χ1) is 10.6. The highest BCUT2D eigenvalue weighted by Crippen LogP contribution is 2.32. The van der Waals surface area contributed by atoms with Crippen molar-refractivity contribution in [3.63, 3.8) is 0 Å². The minimum atomic E-state index is -4.35. The molecule has 0 heterocycles. The topological polar surface area (TPSA) is 35.2 Å². The molecule has 0 saturated heterocycles. The van der Waals surface area contributed by atoms with Gasteiger partial charge in [0.1, 0.15) is 11.9 Å². The van der Waals surface area contributed by atoms with E-state index in [1.807, 2.05) is 44.2 Å². The molecule has 0 aromatic heterocycles. The molecular weight excluding hydrogens is 303 g/mol. The summed E-state index contributed by atoms with van der Waals surface area (Å²) in [6.07, 6.45) is -4.14. The molecule has 0 unspecified atom stereocenters. The molecule has 0 bridgehead atoms. The maximum Gasteiger partial charge on any atom is 0.416 e. The molecule has 2 N–H and O–H groups in total. The number of hydrogen-bond donors (Lipinski definition) is 1. The van der Waals surface area contributed by atoms with Crippen LogP contribution in [0.4, 0.5) is 13.2 Å². The van der Waals surface area contributed by atoms with Gasteiger partial charge in [-0.05, 0) is 43.7 Å². The Labute approximate surface area is 134 Å². The van der Waals surface area contributed by atoms with Crippen LogP contribution in [0.25, 0.3) is 0 Å². The standard InChI is InChI=1S/C18H20F3NO/c1-17(2,22)12-16(13-6-4-3-5-7-13)23-15-10-8-14(9-11-15)18(19,20)21/h3-11,16H,12,22H2,1-2H3/t16-/m1/s1. The Bertz CT molecular complexity index is 615. The molecule has 2 rings (SSSR count). The van der Waals surface area contributed by atoms with Gasteiger partial charge in [0.15, 0.2) is 0 Å². The molecule has 2 aromatic rings. The number of nitrogens with two attached hydrogens (primary N) is 1. The largest absolute Gasteiger partial charge is 0.486 e. The maximum absolute atomic E-state index is 12.6. The zero-order chi connectivity index (χ0) is 17.1. The van der Waals surface area contributed by atoms with E-state index in [1.54, 1.807) is 0 Å². The predicted octanol–water partition coefficient (Wildman–Crippen LogP) is 4.95. The number of halogens is 3. The van der Waals surface area contributed by atoms with E-state index in [1.165, 1.54) is 12.1 Å². The summed E-state index contributed by atoms with van der Waals surface area (Å²) in [5.74, 6) is 0.385. The molecular formula is C18H20F3NO. The van der Waals surface area contributed by atoms with Gasteiger partial charge in [-0.1, -0.05) is 30.3 Å². The maximum atomic E-state index is 12.6. The molecule has 0 aliphatic heterocycles. The molecule has 23 heavy (non-hydrogen) atoms. The summed E-state index contributed by atoms with van der Waals surface area (Å²) in [5, 5.41) is 0. The van der Waals surface area contributed by atoms with Gasteiger partial charge in [-0.25, -0.2) is 0 Å². The van der Waals surface area contributed by atoms with Gasteiger partial charge in [-0.2, -0.15) is 13.2 Å². The van der Waals surface area contributed by atoms with Crippen molar-refractivity contribution >= 4 is 0 Å². The van der Waals surface area contributed by atoms with Crippen molar-refractivity contribution in [2.45, 2.75) is 38.1 Å². The smallest absolute Gasteiger partial charge is 0.416 e. The van der Waals surface area contributed by atoms with Crippen LogP contribution in [0, 0.1) is 0 Å². The molecule has 0 aliphatic carbocycles. The van der Waals surface area contributed by atoms with E-state index >= 15 is 0 Å². The summed E-state index contributed by atoms with van der Waals surface area (Å²) in [4.78, 5) is 0. The average molecular weight is 323 g/mol. The third kappa shape index (κ3) is 5.28. The van der Waals surface area contributed by atoms with Crippen molar-refractivity contribution in [3.8, 4) is 5.75 Å². The Morgan fingerprint density at radius 3 is 2.00 bits per heavy atom. The highest BCUT2D eigenvalue weighted by molar-refractivity contribution is 5.30. The van der Waals surface area contributed by atoms with E-state index in [0.29, 0.717) is 12.2 Å². The number of rotatable bonds is 5. The number of hydrogen-bond acceptors (Lipinski definition) is 2. The van der Waals surface area contributed by atoms with Gasteiger partial charge in [0, 0.05) is 12.0 Å². The normalized spacial score (nSPS) is 13.7. The Balaban J connectivity index is 2.21. The van der Waals surface area contributed by atoms with Crippen LogP contribution in [-0.4, -0.2) is 5.54 Å². The quantitative estimate of drug-likeness (QED) is 0.844. The fourth-order valence-electron chi connectivity index (χ4n) is 2.26. The molecule has 5 heteroatoms. The van der Waals surface area contributed by atoms with E-state index in [9.17, 15) is 13.2 Å². The molecule has 0 aliphatic rings. The van der Waals surface area contributed by atoms with Gasteiger partial charge >= 0.3 is 6.18 Å². The van der Waals surface area contributed by atoms with Crippen LogP contribution in [0.15, 0.2) is 54.6 Å². The van der Waals surface area contributed by atoms with Crippen LogP contribution < -0.4 is 10.5 Å². The van der Waals surface area contributed by atoms with Gasteiger partial charge in [0.2, 0.25) is 0 Å². The third-order valence-electron chi connectivity index (χ3n) is 3.34. The summed E-state index contributed by atoms with van der Waals surface area (Å²) >= 11 is 0. The Hall–Kier alpha value is -2.01. The second kappa shape index (κ2) is 6.62. The molecule has 2 aromatic carbocycles. The molecule has 0 radical (unpaired) electrons. The highest BCUT2D eigenvalue weighted by Gasteiger charge is 2.30. The van der Waals surface area contributed by atoms with Crippen molar-refractivity contribution in [1.82, 2.24) is 0 Å². The van der Waals surface area contributed by atoms with Crippen molar-refractivity contribution in [3.05, 3.63) is 65.7 Å². The molecule has 0 fully saturated rings. The number of alkyl halides is 3. The van der Waals surface area contributed by atoms with Crippen molar-refractivity contribution in [1.29, 1.82) is 0 Å². The van der Waals surface area contributed by atoms with E-state index in [4.69, 9.17) is 10.5 Å². The predicted molar refractivity (Wildman–Crippen MR) is 84.1 cm³/mol. The molecule has 1 atom stereocenters. The van der Waals surface area contributed by atoms with Gasteiger partial charge in [0.05, 0.1) is 5.56 Å². The van der Waals surface area contributed by atoms with Crippen LogP contribution in [0.5, 0.6) is 5.75 Å². The van der Waals surface area contributed by atoms with Crippen molar-refractivity contribution < 1.29 is 17.9 Å². The lowest BCUT2D eigenvalue weighted by Crippen LogP contribution is -2.35. The zero-order valence-corrected chi connectivity index (χ0v) is 13.1. The fraction of sp³-hybridized carbons (Fsp3) is 0.333. The summed E-state index contributed by atoms with van der Waals surface area (Å²) < 4.78 is 43.7. The zero-order valence-electron chi connectivity index (χ0n) is 13.1. The molecule has 124 valence electrons. The second-order valence-electron chi connectivity index (χ2n) is 6.23. The fourth-order valence-corrected chi connectivity index (χ4v) is 2.26. The summed E-state index contributed by atoms with van der Waals surface area (Å²) in [6, 6.07) is 14.2. The van der Waals surface area contributed by atoms with Crippen molar-refractivity contribution in [2.75, 3.05) is 0 Å². The Morgan fingerprint density at radius 2 is 1.52 bits per heavy atom. The van der Waals surface area contributed by atoms with Crippen LogP contribution in [0.3, 0.4) is 0 Å². The van der Waals surface area contributed by atoms with Crippen LogP contribution in [-0.2, 0) is 6.18 Å². The SMILES string of the molecule is CC(C)(N)C[C@@H](Oc1ccc(C(F)(F)F)cc1)c1ccccc1. The Morgan fingerprint density at radius 1 is 0.957 bits per heavy atom. The number of ether oxygens (including phenoxy) is 1. The van der Waals surface area contributed by atoms with Crippen molar-refractivity contribution in [2.24, 2.45) is 5.73 Å². The lowest BCUT2D eigenvalue weighted by atomic mass is 9.94. The van der Waals surface area contributed by atoms with Gasteiger partial charge < -0.3 is 10.5 Å². The van der Waals surface area contributed by atoms with Gasteiger partial charge in [0.25, 0.3) is 0 Å². The van der Waals surface area contributed by atoms with E-state index < -0.39 is 17.3 Å². The Kier molecular flexibility index (Phi) is 5.00. The highest BCUT2D eigenvalue weighted by atomic mass is 19.4. The van der Waals surface area contributed by atoms with Crippen LogP contribution in [0.2, 0.25) is 0 Å². The first-order valence-electron chi connectivity index (χ1n) is 7.33. The lowest BCUT2D eigenvalue weighted by molar-refractivity contribution is -0.137. The van der Waals surface area contributed by atoms with Crippen LogP contribution in [0.1, 0.15) is 37.5 Å². The minimum Gasteiger partial charge on any atom is -0.486 e. The third-order valence-corrected chi connectivity index (χ3v) is 3.34. The van der Waals surface area contributed by atoms with E-state index in [2.05, 4.69) is 0 Å². The molecule has 0 amide bonds. The number of benzene rings is 2.